The first-order valence-corrected chi connectivity index (χ1v) is 7.97. The van der Waals surface area contributed by atoms with Gasteiger partial charge in [0.2, 0.25) is 5.91 Å². The van der Waals surface area contributed by atoms with Crippen LogP contribution < -0.4 is 10.1 Å². The van der Waals surface area contributed by atoms with Crippen molar-refractivity contribution >= 4 is 23.2 Å². The van der Waals surface area contributed by atoms with E-state index in [9.17, 15) is 9.59 Å². The maximum atomic E-state index is 11.9. The number of carbonyl (C=O) groups is 2. The molecule has 1 aliphatic rings. The highest BCUT2D eigenvalue weighted by molar-refractivity contribution is 7.08. The molecule has 0 bridgehead atoms. The van der Waals surface area contributed by atoms with Gasteiger partial charge in [-0.1, -0.05) is 5.21 Å². The topological polar surface area (TPSA) is 86.1 Å². The van der Waals surface area contributed by atoms with Crippen LogP contribution in [0.3, 0.4) is 0 Å². The minimum Gasteiger partial charge on any atom is -0.489 e. The van der Waals surface area contributed by atoms with Gasteiger partial charge in [-0.25, -0.2) is 4.68 Å². The number of thiophene rings is 1. The predicted molar refractivity (Wildman–Crippen MR) is 80.5 cm³/mol. The average molecular weight is 320 g/mol. The maximum absolute atomic E-state index is 11.9. The summed E-state index contributed by atoms with van der Waals surface area (Å²) in [5.74, 6) is 0.180. The Labute approximate surface area is 131 Å². The van der Waals surface area contributed by atoms with E-state index in [0.717, 1.165) is 11.3 Å². The summed E-state index contributed by atoms with van der Waals surface area (Å²) in [7, 11) is 0. The van der Waals surface area contributed by atoms with Crippen molar-refractivity contribution in [3.05, 3.63) is 17.0 Å². The molecule has 2 amide bonds. The van der Waals surface area contributed by atoms with Crippen molar-refractivity contribution in [2.75, 3.05) is 0 Å². The smallest absolute Gasteiger partial charge is 0.251 e. The largest absolute Gasteiger partial charge is 0.489 e. The van der Waals surface area contributed by atoms with Gasteiger partial charge < -0.3 is 4.74 Å². The van der Waals surface area contributed by atoms with E-state index >= 15 is 0 Å². The van der Waals surface area contributed by atoms with Crippen LogP contribution in [0.25, 0.3) is 11.3 Å². The van der Waals surface area contributed by atoms with Crippen LogP contribution in [-0.2, 0) is 9.59 Å². The Morgan fingerprint density at radius 2 is 2.23 bits per heavy atom. The first-order valence-electron chi connectivity index (χ1n) is 7.03. The van der Waals surface area contributed by atoms with E-state index in [4.69, 9.17) is 4.74 Å². The first kappa shape index (κ1) is 14.7. The number of hydrogen-bond acceptors (Lipinski definition) is 6. The predicted octanol–water partition coefficient (Wildman–Crippen LogP) is 1.77. The fraction of sp³-hybridized carbons (Fsp3) is 0.429. The van der Waals surface area contributed by atoms with Crippen molar-refractivity contribution in [1.82, 2.24) is 20.3 Å². The van der Waals surface area contributed by atoms with Crippen LogP contribution in [0.2, 0.25) is 0 Å². The fourth-order valence-corrected chi connectivity index (χ4v) is 3.05. The van der Waals surface area contributed by atoms with Crippen LogP contribution in [0.5, 0.6) is 5.75 Å². The van der Waals surface area contributed by atoms with E-state index in [0.29, 0.717) is 18.5 Å². The monoisotopic (exact) mass is 320 g/mol. The molecule has 0 saturated carbocycles. The Hall–Kier alpha value is -2.22. The van der Waals surface area contributed by atoms with E-state index in [1.807, 2.05) is 24.6 Å². The van der Waals surface area contributed by atoms with Crippen LogP contribution in [0, 0.1) is 0 Å². The molecule has 0 aliphatic carbocycles. The summed E-state index contributed by atoms with van der Waals surface area (Å²) in [6, 6.07) is -0.493. The molecule has 1 N–H and O–H groups in total. The Balaban J connectivity index is 1.84. The molecular formula is C14H16N4O3S. The summed E-state index contributed by atoms with van der Waals surface area (Å²) in [4.78, 5) is 23.1. The lowest BCUT2D eigenvalue weighted by Gasteiger charge is -2.20. The van der Waals surface area contributed by atoms with Gasteiger partial charge in [0.15, 0.2) is 0 Å². The van der Waals surface area contributed by atoms with E-state index < -0.39 is 6.04 Å². The van der Waals surface area contributed by atoms with Gasteiger partial charge >= 0.3 is 0 Å². The van der Waals surface area contributed by atoms with Gasteiger partial charge in [-0.05, 0) is 20.3 Å². The fourth-order valence-electron chi connectivity index (χ4n) is 2.30. The summed E-state index contributed by atoms with van der Waals surface area (Å²) in [6.45, 7) is 3.92. The summed E-state index contributed by atoms with van der Waals surface area (Å²) in [5, 5.41) is 14.3. The normalized spacial score (nSPS) is 18.6. The number of imide groups is 1. The second-order valence-corrected chi connectivity index (χ2v) is 6.11. The number of nitrogens with zero attached hydrogens (tertiary/aromatic N) is 3. The molecule has 1 aliphatic heterocycles. The lowest BCUT2D eigenvalue weighted by molar-refractivity contribution is -0.136. The van der Waals surface area contributed by atoms with Crippen LogP contribution in [0.1, 0.15) is 32.7 Å². The highest BCUT2D eigenvalue weighted by Crippen LogP contribution is 2.33. The standard InChI is InChI=1S/C14H16N4O3S/c1-8(2)21-12-7-22-6-9(12)10-5-18(17-16-10)11-3-4-13(19)15-14(11)20/h5-8,11H,3-4H2,1-2H3,(H,15,19,20). The number of piperidine rings is 1. The molecule has 7 nitrogen and oxygen atoms in total. The number of aromatic nitrogens is 3. The zero-order valence-electron chi connectivity index (χ0n) is 12.3. The molecule has 0 radical (unpaired) electrons. The van der Waals surface area contributed by atoms with Gasteiger partial charge in [0.1, 0.15) is 17.5 Å². The van der Waals surface area contributed by atoms with Gasteiger partial charge in [-0.15, -0.1) is 16.4 Å². The molecule has 8 heteroatoms. The van der Waals surface area contributed by atoms with E-state index in [1.165, 1.54) is 16.0 Å². The third-order valence-electron chi connectivity index (χ3n) is 3.30. The van der Waals surface area contributed by atoms with Crippen molar-refractivity contribution in [2.45, 2.75) is 38.8 Å². The second kappa shape index (κ2) is 5.88. The van der Waals surface area contributed by atoms with Crippen molar-refractivity contribution in [2.24, 2.45) is 0 Å². The van der Waals surface area contributed by atoms with E-state index in [-0.39, 0.29) is 17.9 Å². The number of ether oxygens (including phenoxy) is 1. The maximum Gasteiger partial charge on any atom is 0.251 e. The molecule has 2 aromatic rings. The molecular weight excluding hydrogens is 304 g/mol. The molecule has 116 valence electrons. The minimum absolute atomic E-state index is 0.0681. The molecule has 1 saturated heterocycles. The highest BCUT2D eigenvalue weighted by Gasteiger charge is 2.29. The third kappa shape index (κ3) is 2.87. The molecule has 3 rings (SSSR count). The average Bonchev–Trinajstić information content (AvgIpc) is 3.06. The molecule has 0 aromatic carbocycles. The Morgan fingerprint density at radius 3 is 2.95 bits per heavy atom. The third-order valence-corrected chi connectivity index (χ3v) is 4.03. The van der Waals surface area contributed by atoms with Gasteiger partial charge in [0, 0.05) is 17.2 Å². The van der Waals surface area contributed by atoms with Crippen molar-refractivity contribution < 1.29 is 14.3 Å². The summed E-state index contributed by atoms with van der Waals surface area (Å²) < 4.78 is 7.25. The van der Waals surface area contributed by atoms with Crippen molar-refractivity contribution in [3.8, 4) is 17.0 Å². The lowest BCUT2D eigenvalue weighted by Crippen LogP contribution is -2.41. The lowest BCUT2D eigenvalue weighted by atomic mass is 10.1. The molecule has 22 heavy (non-hydrogen) atoms. The molecule has 1 fully saturated rings. The van der Waals surface area contributed by atoms with Gasteiger partial charge in [-0.2, -0.15) is 0 Å². The van der Waals surface area contributed by atoms with Gasteiger partial charge in [0.25, 0.3) is 5.91 Å². The number of hydrogen-bond donors (Lipinski definition) is 1. The highest BCUT2D eigenvalue weighted by atomic mass is 32.1. The van der Waals surface area contributed by atoms with Crippen molar-refractivity contribution in [3.63, 3.8) is 0 Å². The van der Waals surface area contributed by atoms with Crippen LogP contribution in [0.15, 0.2) is 17.0 Å². The Bertz CT molecular complexity index is 707. The van der Waals surface area contributed by atoms with E-state index in [1.54, 1.807) is 6.20 Å². The van der Waals surface area contributed by atoms with E-state index in [2.05, 4.69) is 15.6 Å². The van der Waals surface area contributed by atoms with Crippen LogP contribution in [0.4, 0.5) is 0 Å². The zero-order chi connectivity index (χ0) is 15.7. The minimum atomic E-state index is -0.493. The van der Waals surface area contributed by atoms with Crippen LogP contribution in [-0.4, -0.2) is 32.9 Å². The Kier molecular flexibility index (Phi) is 3.93. The van der Waals surface area contributed by atoms with Gasteiger partial charge in [0.05, 0.1) is 17.9 Å². The number of rotatable bonds is 4. The molecule has 0 spiro atoms. The molecule has 1 unspecified atom stereocenters. The molecule has 3 heterocycles. The Morgan fingerprint density at radius 1 is 1.41 bits per heavy atom. The van der Waals surface area contributed by atoms with Crippen LogP contribution >= 0.6 is 11.3 Å². The summed E-state index contributed by atoms with van der Waals surface area (Å²) >= 11 is 1.52. The summed E-state index contributed by atoms with van der Waals surface area (Å²) in [6.07, 6.45) is 2.53. The number of amides is 2. The first-order chi connectivity index (χ1) is 10.5. The van der Waals surface area contributed by atoms with Gasteiger partial charge in [-0.3, -0.25) is 14.9 Å². The quantitative estimate of drug-likeness (QED) is 0.868. The SMILES string of the molecule is CC(C)Oc1cscc1-c1cn(C2CCC(=O)NC2=O)nn1. The summed E-state index contributed by atoms with van der Waals surface area (Å²) in [5.41, 5.74) is 1.51. The molecule has 1 atom stereocenters. The molecule has 2 aromatic heterocycles. The zero-order valence-corrected chi connectivity index (χ0v) is 13.1. The second-order valence-electron chi connectivity index (χ2n) is 5.37. The number of nitrogens with one attached hydrogen (secondary N) is 1. The van der Waals surface area contributed by atoms with Crippen molar-refractivity contribution in [1.29, 1.82) is 0 Å². The number of carbonyl (C=O) groups excluding carboxylic acids is 2.